The number of ketones is 1. The molecule has 1 aliphatic heterocycles. The first kappa shape index (κ1) is 27.1. The van der Waals surface area contributed by atoms with Crippen molar-refractivity contribution in [3.8, 4) is 17.2 Å². The van der Waals surface area contributed by atoms with Gasteiger partial charge in [-0.25, -0.2) is 0 Å². The number of nitrogens with zero attached hydrogens (tertiary/aromatic N) is 1. The van der Waals surface area contributed by atoms with E-state index in [0.717, 1.165) is 5.56 Å². The predicted molar refractivity (Wildman–Crippen MR) is 147 cm³/mol. The van der Waals surface area contributed by atoms with Crippen molar-refractivity contribution in [2.24, 2.45) is 5.92 Å². The quantitative estimate of drug-likeness (QED) is 0.196. The zero-order chi connectivity index (χ0) is 27.6. The van der Waals surface area contributed by atoms with Crippen molar-refractivity contribution < 1.29 is 29.3 Å². The lowest BCUT2D eigenvalue weighted by molar-refractivity contribution is -0.132. The van der Waals surface area contributed by atoms with E-state index in [0.29, 0.717) is 46.7 Å². The van der Waals surface area contributed by atoms with Gasteiger partial charge in [-0.3, -0.25) is 14.5 Å². The van der Waals surface area contributed by atoms with Crippen LogP contribution >= 0.6 is 11.6 Å². The molecule has 1 aliphatic rings. The summed E-state index contributed by atoms with van der Waals surface area (Å²) in [7, 11) is 0. The molecular weight excluding hydrogens is 506 g/mol. The molecule has 1 saturated heterocycles. The Morgan fingerprint density at radius 2 is 1.74 bits per heavy atom. The van der Waals surface area contributed by atoms with Crippen LogP contribution in [0.1, 0.15) is 43.5 Å². The normalized spacial score (nSPS) is 16.8. The van der Waals surface area contributed by atoms with Gasteiger partial charge in [-0.05, 0) is 79.4 Å². The molecular formula is C30H30ClNO6. The van der Waals surface area contributed by atoms with E-state index >= 15 is 0 Å². The summed E-state index contributed by atoms with van der Waals surface area (Å²) in [6.07, 6.45) is 0. The number of hydrogen-bond donors (Lipinski definition) is 2. The van der Waals surface area contributed by atoms with Crippen LogP contribution < -0.4 is 14.4 Å². The molecule has 1 unspecified atom stereocenters. The number of hydrogen-bond acceptors (Lipinski definition) is 6. The fraction of sp³-hybridized carbons (Fsp3) is 0.267. The molecule has 0 aromatic heterocycles. The molecule has 7 nitrogen and oxygen atoms in total. The van der Waals surface area contributed by atoms with Gasteiger partial charge in [0.2, 0.25) is 0 Å². The van der Waals surface area contributed by atoms with Gasteiger partial charge in [-0.15, -0.1) is 0 Å². The maximum atomic E-state index is 13.4. The first-order valence-electron chi connectivity index (χ1n) is 12.4. The first-order chi connectivity index (χ1) is 18.1. The van der Waals surface area contributed by atoms with Crippen molar-refractivity contribution in [2.75, 3.05) is 18.1 Å². The third kappa shape index (κ3) is 5.34. The highest BCUT2D eigenvalue weighted by atomic mass is 35.5. The second kappa shape index (κ2) is 11.2. The molecule has 0 aliphatic carbocycles. The number of Topliss-reactive ketones (excluding diaryl/α,β-unsaturated/α-hetero) is 1. The van der Waals surface area contributed by atoms with E-state index in [4.69, 9.17) is 21.1 Å². The van der Waals surface area contributed by atoms with Crippen LogP contribution in [0.15, 0.2) is 66.2 Å². The second-order valence-electron chi connectivity index (χ2n) is 9.49. The van der Waals surface area contributed by atoms with Gasteiger partial charge >= 0.3 is 0 Å². The van der Waals surface area contributed by atoms with E-state index in [1.807, 2.05) is 20.8 Å². The molecule has 0 spiro atoms. The summed E-state index contributed by atoms with van der Waals surface area (Å²) in [6, 6.07) is 15.3. The number of benzene rings is 3. The van der Waals surface area contributed by atoms with Crippen LogP contribution in [0.25, 0.3) is 5.76 Å². The van der Waals surface area contributed by atoms with Crippen LogP contribution in [-0.2, 0) is 9.59 Å². The highest BCUT2D eigenvalue weighted by Crippen LogP contribution is 2.44. The molecule has 1 atom stereocenters. The summed E-state index contributed by atoms with van der Waals surface area (Å²) in [5, 5.41) is 22.1. The molecule has 4 rings (SSSR count). The van der Waals surface area contributed by atoms with Gasteiger partial charge in [-0.2, -0.15) is 0 Å². The van der Waals surface area contributed by atoms with Crippen LogP contribution in [0.5, 0.6) is 17.2 Å². The number of aliphatic hydroxyl groups is 1. The number of halogens is 1. The van der Waals surface area contributed by atoms with Gasteiger partial charge in [0.25, 0.3) is 11.7 Å². The summed E-state index contributed by atoms with van der Waals surface area (Å²) < 4.78 is 11.3. The fourth-order valence-corrected chi connectivity index (χ4v) is 4.42. The van der Waals surface area contributed by atoms with Crippen molar-refractivity contribution in [3.63, 3.8) is 0 Å². The molecule has 1 heterocycles. The Bertz CT molecular complexity index is 1400. The molecule has 1 amide bonds. The molecule has 2 N–H and O–H groups in total. The number of phenolic OH excluding ortho intramolecular Hbond substituents is 1. The van der Waals surface area contributed by atoms with E-state index in [9.17, 15) is 19.8 Å². The third-order valence-electron chi connectivity index (χ3n) is 6.19. The number of carbonyl (C=O) groups excluding carboxylic acids is 2. The SMILES string of the molecule is CCOc1cc(C2/C(=C(\O)c3ccc(OCC(C)C)cc3)C(=O)C(=O)N2c2ccc(C)c(Cl)c2)ccc1O. The van der Waals surface area contributed by atoms with Gasteiger partial charge in [-0.1, -0.05) is 37.6 Å². The van der Waals surface area contributed by atoms with Gasteiger partial charge in [0.05, 0.1) is 24.8 Å². The van der Waals surface area contributed by atoms with Crippen molar-refractivity contribution in [1.29, 1.82) is 0 Å². The third-order valence-corrected chi connectivity index (χ3v) is 6.60. The van der Waals surface area contributed by atoms with Crippen LogP contribution in [-0.4, -0.2) is 35.1 Å². The molecule has 0 radical (unpaired) electrons. The Labute approximate surface area is 226 Å². The highest BCUT2D eigenvalue weighted by molar-refractivity contribution is 6.51. The topological polar surface area (TPSA) is 96.3 Å². The monoisotopic (exact) mass is 535 g/mol. The van der Waals surface area contributed by atoms with Crippen LogP contribution in [0.2, 0.25) is 5.02 Å². The Morgan fingerprint density at radius 3 is 2.37 bits per heavy atom. The maximum Gasteiger partial charge on any atom is 0.300 e. The molecule has 0 bridgehead atoms. The zero-order valence-corrected chi connectivity index (χ0v) is 22.5. The number of aromatic hydroxyl groups is 1. The largest absolute Gasteiger partial charge is 0.507 e. The van der Waals surface area contributed by atoms with Crippen molar-refractivity contribution in [1.82, 2.24) is 0 Å². The zero-order valence-electron chi connectivity index (χ0n) is 21.7. The number of rotatable bonds is 8. The van der Waals surface area contributed by atoms with E-state index in [-0.39, 0.29) is 22.8 Å². The predicted octanol–water partition coefficient (Wildman–Crippen LogP) is 6.41. The van der Waals surface area contributed by atoms with E-state index in [1.54, 1.807) is 61.5 Å². The molecule has 198 valence electrons. The molecule has 3 aromatic carbocycles. The van der Waals surface area contributed by atoms with Crippen molar-refractivity contribution in [3.05, 3.63) is 87.9 Å². The first-order valence-corrected chi connectivity index (χ1v) is 12.8. The molecule has 8 heteroatoms. The van der Waals surface area contributed by atoms with Gasteiger partial charge in [0.1, 0.15) is 11.5 Å². The molecule has 3 aromatic rings. The lowest BCUT2D eigenvalue weighted by Crippen LogP contribution is -2.29. The standard InChI is InChI=1S/C30H30ClNO6/c1-5-37-25-14-20(9-13-24(25)33)27-26(28(34)19-7-11-22(12-8-19)38-16-17(2)3)29(35)30(36)32(27)21-10-6-18(4)23(31)15-21/h6-15,17,27,33-34H,5,16H2,1-4H3/b28-26+. The van der Waals surface area contributed by atoms with Crippen molar-refractivity contribution >= 4 is 34.7 Å². The number of anilines is 1. The smallest absolute Gasteiger partial charge is 0.300 e. The summed E-state index contributed by atoms with van der Waals surface area (Å²) in [5.74, 6) is -0.875. The summed E-state index contributed by atoms with van der Waals surface area (Å²) in [5.41, 5.74) is 1.95. The summed E-state index contributed by atoms with van der Waals surface area (Å²) in [6.45, 7) is 8.54. The maximum absolute atomic E-state index is 13.4. The molecule has 38 heavy (non-hydrogen) atoms. The van der Waals surface area contributed by atoms with Gasteiger partial charge in [0, 0.05) is 16.3 Å². The van der Waals surface area contributed by atoms with E-state index < -0.39 is 17.7 Å². The van der Waals surface area contributed by atoms with E-state index in [2.05, 4.69) is 0 Å². The Morgan fingerprint density at radius 1 is 1.03 bits per heavy atom. The van der Waals surface area contributed by atoms with Crippen LogP contribution in [0, 0.1) is 12.8 Å². The highest BCUT2D eigenvalue weighted by Gasteiger charge is 2.47. The lowest BCUT2D eigenvalue weighted by Gasteiger charge is -2.26. The lowest BCUT2D eigenvalue weighted by atomic mass is 9.94. The average molecular weight is 536 g/mol. The number of amides is 1. The number of carbonyl (C=O) groups is 2. The van der Waals surface area contributed by atoms with Gasteiger partial charge in [0.15, 0.2) is 11.5 Å². The number of phenols is 1. The van der Waals surface area contributed by atoms with Crippen molar-refractivity contribution in [2.45, 2.75) is 33.7 Å². The Balaban J connectivity index is 1.87. The number of ether oxygens (including phenoxy) is 2. The van der Waals surface area contributed by atoms with Crippen LogP contribution in [0.3, 0.4) is 0 Å². The second-order valence-corrected chi connectivity index (χ2v) is 9.90. The van der Waals surface area contributed by atoms with Crippen LogP contribution in [0.4, 0.5) is 5.69 Å². The minimum atomic E-state index is -0.995. The number of aliphatic hydroxyl groups excluding tert-OH is 1. The van der Waals surface area contributed by atoms with Gasteiger partial charge < -0.3 is 19.7 Å². The average Bonchev–Trinajstić information content (AvgIpc) is 3.16. The number of aryl methyl sites for hydroxylation is 1. The molecule has 1 fully saturated rings. The summed E-state index contributed by atoms with van der Waals surface area (Å²) in [4.78, 5) is 28.1. The fourth-order valence-electron chi connectivity index (χ4n) is 4.25. The Kier molecular flexibility index (Phi) is 7.97. The minimum absolute atomic E-state index is 0.0806. The summed E-state index contributed by atoms with van der Waals surface area (Å²) >= 11 is 6.36. The van der Waals surface area contributed by atoms with E-state index in [1.165, 1.54) is 11.0 Å². The minimum Gasteiger partial charge on any atom is -0.507 e. The Hall–Kier alpha value is -3.97. The molecule has 0 saturated carbocycles.